The van der Waals surface area contributed by atoms with Gasteiger partial charge >= 0.3 is 0 Å². The van der Waals surface area contributed by atoms with Gasteiger partial charge in [0.1, 0.15) is 5.75 Å². The van der Waals surface area contributed by atoms with Gasteiger partial charge in [0.2, 0.25) is 5.91 Å². The Bertz CT molecular complexity index is 673. The summed E-state index contributed by atoms with van der Waals surface area (Å²) >= 11 is 3.39. The van der Waals surface area contributed by atoms with E-state index in [0.29, 0.717) is 0 Å². The number of carbonyl (C=O) groups is 1. The first-order chi connectivity index (χ1) is 11.5. The molecule has 0 aliphatic heterocycles. The average Bonchev–Trinajstić information content (AvgIpc) is 2.59. The first-order valence-corrected chi connectivity index (χ1v) is 8.71. The predicted molar refractivity (Wildman–Crippen MR) is 102 cm³/mol. The monoisotopic (exact) mass is 390 g/mol. The Hall–Kier alpha value is -1.85. The van der Waals surface area contributed by atoms with E-state index in [-0.39, 0.29) is 24.4 Å². The van der Waals surface area contributed by atoms with Gasteiger partial charge in [0.25, 0.3) is 0 Å². The molecule has 1 amide bonds. The summed E-state index contributed by atoms with van der Waals surface area (Å²) in [6, 6.07) is 15.8. The second-order valence-corrected chi connectivity index (χ2v) is 6.71. The van der Waals surface area contributed by atoms with Crippen LogP contribution in [0.4, 0.5) is 5.69 Å². The summed E-state index contributed by atoms with van der Waals surface area (Å²) in [4.78, 5) is 12.1. The highest BCUT2D eigenvalue weighted by atomic mass is 79.9. The minimum absolute atomic E-state index is 0.0538. The minimum atomic E-state index is -0.0538. The Kier molecular flexibility index (Phi) is 6.82. The van der Waals surface area contributed by atoms with Gasteiger partial charge in [-0.2, -0.15) is 0 Å². The number of rotatable bonds is 7. The number of hydrogen-bond donors (Lipinski definition) is 2. The molecule has 0 unspecified atom stereocenters. The molecule has 0 radical (unpaired) electrons. The van der Waals surface area contributed by atoms with E-state index in [1.54, 1.807) is 7.11 Å². The van der Waals surface area contributed by atoms with Crippen molar-refractivity contribution in [1.29, 1.82) is 0 Å². The van der Waals surface area contributed by atoms with Gasteiger partial charge in [-0.1, -0.05) is 41.1 Å². The topological polar surface area (TPSA) is 50.4 Å². The normalized spacial score (nSPS) is 13.2. The zero-order valence-electron chi connectivity index (χ0n) is 14.2. The van der Waals surface area contributed by atoms with Gasteiger partial charge in [-0.15, -0.1) is 0 Å². The fraction of sp³-hybridized carbons (Fsp3) is 0.316. The van der Waals surface area contributed by atoms with Crippen molar-refractivity contribution in [2.24, 2.45) is 0 Å². The second-order valence-electron chi connectivity index (χ2n) is 5.79. The summed E-state index contributed by atoms with van der Waals surface area (Å²) in [6.45, 7) is 4.50. The van der Waals surface area contributed by atoms with Gasteiger partial charge < -0.3 is 15.4 Å². The van der Waals surface area contributed by atoms with Gasteiger partial charge in [-0.05, 0) is 48.7 Å². The number of nitrogens with one attached hydrogen (secondary N) is 2. The Morgan fingerprint density at radius 2 is 1.88 bits per heavy atom. The van der Waals surface area contributed by atoms with Gasteiger partial charge in [-0.3, -0.25) is 4.79 Å². The molecule has 2 aromatic carbocycles. The highest BCUT2D eigenvalue weighted by Crippen LogP contribution is 2.22. The standard InChI is InChI=1S/C19H23BrN2O2/c1-13(15-7-9-18(24-3)10-8-15)14(2)21-12-19(23)22-17-6-4-5-16(20)11-17/h4-11,13-14,21H,12H2,1-3H3,(H,22,23)/t13-,14+/m0/s1. The van der Waals surface area contributed by atoms with Crippen LogP contribution in [-0.4, -0.2) is 25.6 Å². The zero-order valence-corrected chi connectivity index (χ0v) is 15.8. The van der Waals surface area contributed by atoms with Crippen LogP contribution in [0.25, 0.3) is 0 Å². The summed E-state index contributed by atoms with van der Waals surface area (Å²) in [6.07, 6.45) is 0. The molecule has 0 aromatic heterocycles. The predicted octanol–water partition coefficient (Wildman–Crippen LogP) is 4.18. The molecule has 4 nitrogen and oxygen atoms in total. The first kappa shape index (κ1) is 18.5. The highest BCUT2D eigenvalue weighted by molar-refractivity contribution is 9.10. The van der Waals surface area contributed by atoms with Crippen LogP contribution in [0.1, 0.15) is 25.3 Å². The van der Waals surface area contributed by atoms with Crippen molar-refractivity contribution >= 4 is 27.5 Å². The molecule has 0 fully saturated rings. The van der Waals surface area contributed by atoms with Crippen LogP contribution in [0.15, 0.2) is 53.0 Å². The molecule has 0 aliphatic carbocycles. The highest BCUT2D eigenvalue weighted by Gasteiger charge is 2.15. The number of halogens is 1. The molecule has 2 atom stereocenters. The number of ether oxygens (including phenoxy) is 1. The lowest BCUT2D eigenvalue weighted by atomic mass is 9.94. The fourth-order valence-electron chi connectivity index (χ4n) is 2.40. The largest absolute Gasteiger partial charge is 0.497 e. The fourth-order valence-corrected chi connectivity index (χ4v) is 2.80. The Labute approximate surface area is 151 Å². The first-order valence-electron chi connectivity index (χ1n) is 7.92. The van der Waals surface area contributed by atoms with Crippen molar-refractivity contribution in [3.63, 3.8) is 0 Å². The molecule has 0 spiro atoms. The van der Waals surface area contributed by atoms with Crippen LogP contribution in [0, 0.1) is 0 Å². The minimum Gasteiger partial charge on any atom is -0.497 e. The van der Waals surface area contributed by atoms with Crippen LogP contribution < -0.4 is 15.4 Å². The van der Waals surface area contributed by atoms with Crippen LogP contribution >= 0.6 is 15.9 Å². The molecule has 0 aliphatic rings. The lowest BCUT2D eigenvalue weighted by Crippen LogP contribution is -2.37. The van der Waals surface area contributed by atoms with E-state index in [2.05, 4.69) is 52.5 Å². The number of hydrogen-bond acceptors (Lipinski definition) is 3. The molecular formula is C19H23BrN2O2. The van der Waals surface area contributed by atoms with Crippen molar-refractivity contribution in [3.8, 4) is 5.75 Å². The van der Waals surface area contributed by atoms with Crippen LogP contribution in [-0.2, 0) is 4.79 Å². The third-order valence-electron chi connectivity index (χ3n) is 4.08. The number of anilines is 1. The second kappa shape index (κ2) is 8.85. The van der Waals surface area contributed by atoms with Crippen molar-refractivity contribution < 1.29 is 9.53 Å². The Morgan fingerprint density at radius 3 is 2.50 bits per heavy atom. The van der Waals surface area contributed by atoms with Crippen molar-refractivity contribution in [1.82, 2.24) is 5.32 Å². The molecule has 0 bridgehead atoms. The van der Waals surface area contributed by atoms with Gasteiger partial charge in [0.05, 0.1) is 13.7 Å². The van der Waals surface area contributed by atoms with E-state index in [9.17, 15) is 4.79 Å². The summed E-state index contributed by atoms with van der Waals surface area (Å²) in [5, 5.41) is 6.17. The Balaban J connectivity index is 1.84. The maximum absolute atomic E-state index is 12.1. The SMILES string of the molecule is COc1ccc([C@@H](C)[C@@H](C)NCC(=O)Nc2cccc(Br)c2)cc1. The molecule has 128 valence electrons. The lowest BCUT2D eigenvalue weighted by Gasteiger charge is -2.22. The van der Waals surface area contributed by atoms with Crippen LogP contribution in [0.5, 0.6) is 5.75 Å². The maximum Gasteiger partial charge on any atom is 0.238 e. The number of methoxy groups -OCH3 is 1. The lowest BCUT2D eigenvalue weighted by molar-refractivity contribution is -0.115. The van der Waals surface area contributed by atoms with E-state index < -0.39 is 0 Å². The molecule has 0 heterocycles. The summed E-state index contributed by atoms with van der Waals surface area (Å²) in [5.74, 6) is 1.08. The van der Waals surface area contributed by atoms with Crippen molar-refractivity contribution in [3.05, 3.63) is 58.6 Å². The summed E-state index contributed by atoms with van der Waals surface area (Å²) < 4.78 is 6.12. The van der Waals surface area contributed by atoms with Crippen molar-refractivity contribution in [2.75, 3.05) is 19.0 Å². The third-order valence-corrected chi connectivity index (χ3v) is 4.58. The zero-order chi connectivity index (χ0) is 17.5. The van der Waals surface area contributed by atoms with E-state index in [0.717, 1.165) is 15.9 Å². The molecule has 2 rings (SSSR count). The van der Waals surface area contributed by atoms with Gasteiger partial charge in [0.15, 0.2) is 0 Å². The summed E-state index contributed by atoms with van der Waals surface area (Å²) in [7, 11) is 1.66. The number of amides is 1. The van der Waals surface area contributed by atoms with E-state index in [4.69, 9.17) is 4.74 Å². The Morgan fingerprint density at radius 1 is 1.17 bits per heavy atom. The molecule has 0 saturated carbocycles. The number of carbonyl (C=O) groups excluding carboxylic acids is 1. The molecule has 5 heteroatoms. The molecular weight excluding hydrogens is 368 g/mol. The third kappa shape index (κ3) is 5.35. The average molecular weight is 391 g/mol. The van der Waals surface area contributed by atoms with Crippen LogP contribution in [0.2, 0.25) is 0 Å². The van der Waals surface area contributed by atoms with Crippen molar-refractivity contribution in [2.45, 2.75) is 25.8 Å². The smallest absolute Gasteiger partial charge is 0.238 e. The molecule has 24 heavy (non-hydrogen) atoms. The van der Waals surface area contributed by atoms with Gasteiger partial charge in [0, 0.05) is 16.2 Å². The van der Waals surface area contributed by atoms with Gasteiger partial charge in [-0.25, -0.2) is 0 Å². The maximum atomic E-state index is 12.1. The number of benzene rings is 2. The van der Waals surface area contributed by atoms with E-state index in [1.165, 1.54) is 5.56 Å². The van der Waals surface area contributed by atoms with E-state index in [1.807, 2.05) is 36.4 Å². The van der Waals surface area contributed by atoms with E-state index >= 15 is 0 Å². The van der Waals surface area contributed by atoms with Crippen LogP contribution in [0.3, 0.4) is 0 Å². The summed E-state index contributed by atoms with van der Waals surface area (Å²) in [5.41, 5.74) is 2.00. The molecule has 0 saturated heterocycles. The molecule has 2 aromatic rings. The molecule has 2 N–H and O–H groups in total. The quantitative estimate of drug-likeness (QED) is 0.745.